The van der Waals surface area contributed by atoms with Crippen LogP contribution in [0.1, 0.15) is 33.6 Å². The van der Waals surface area contributed by atoms with Gasteiger partial charge in [-0.25, -0.2) is 0 Å². The fourth-order valence-corrected chi connectivity index (χ4v) is 3.57. The normalized spacial score (nSPS) is 10.7. The van der Waals surface area contributed by atoms with Crippen molar-refractivity contribution in [2.24, 2.45) is 0 Å². The van der Waals surface area contributed by atoms with Crippen LogP contribution in [-0.2, 0) is 0 Å². The second-order valence-electron chi connectivity index (χ2n) is 8.00. The van der Waals surface area contributed by atoms with Crippen molar-refractivity contribution < 1.29 is 9.53 Å². The van der Waals surface area contributed by atoms with E-state index in [4.69, 9.17) is 22.1 Å². The molecule has 0 fully saturated rings. The van der Waals surface area contributed by atoms with Gasteiger partial charge in [-0.15, -0.1) is 0 Å². The van der Waals surface area contributed by atoms with Crippen LogP contribution in [0, 0.1) is 6.92 Å². The third kappa shape index (κ3) is 5.70. The highest BCUT2D eigenvalue weighted by Gasteiger charge is 2.24. The van der Waals surface area contributed by atoms with Gasteiger partial charge in [0.25, 0.3) is 0 Å². The van der Waals surface area contributed by atoms with E-state index in [2.05, 4.69) is 22.0 Å². The van der Waals surface area contributed by atoms with Crippen LogP contribution in [0.4, 0.5) is 5.69 Å². The lowest BCUT2D eigenvalue weighted by Crippen LogP contribution is -2.16. The number of hydrogen-bond acceptors (Lipinski definition) is 6. The van der Waals surface area contributed by atoms with Crippen LogP contribution in [0.5, 0.6) is 5.88 Å². The maximum Gasteiger partial charge on any atom is 0.241 e. The average Bonchev–Trinajstić information content (AvgIpc) is 3.20. The summed E-state index contributed by atoms with van der Waals surface area (Å²) in [7, 11) is 0. The van der Waals surface area contributed by atoms with Crippen LogP contribution in [0.2, 0.25) is 5.02 Å². The van der Waals surface area contributed by atoms with E-state index in [1.54, 1.807) is 48.8 Å². The maximum atomic E-state index is 13.2. The minimum Gasteiger partial charge on any atom is -0.476 e. The molecule has 35 heavy (non-hydrogen) atoms. The van der Waals surface area contributed by atoms with Gasteiger partial charge < -0.3 is 15.8 Å². The second-order valence-corrected chi connectivity index (χ2v) is 8.44. The zero-order valence-corrected chi connectivity index (χ0v) is 20.1. The van der Waals surface area contributed by atoms with Gasteiger partial charge in [-0.2, -0.15) is 9.78 Å². The second kappa shape index (κ2) is 10.9. The number of rotatable bonds is 10. The summed E-state index contributed by atoms with van der Waals surface area (Å²) in [5, 5.41) is 8.37. The number of nitrogens with zero attached hydrogens (tertiary/aromatic N) is 3. The number of carbonyl (C=O) groups excluding carboxylic acids is 1. The molecule has 0 unspecified atom stereocenters. The zero-order chi connectivity index (χ0) is 24.8. The number of aromatic nitrogens is 3. The molecule has 0 radical (unpaired) electrons. The number of nitrogens with two attached hydrogens (primary N) is 1. The molecule has 178 valence electrons. The van der Waals surface area contributed by atoms with Gasteiger partial charge in [-0.05, 0) is 49.7 Å². The Labute approximate surface area is 209 Å². The number of ketones is 1. The predicted molar refractivity (Wildman–Crippen MR) is 139 cm³/mol. The lowest BCUT2D eigenvalue weighted by molar-refractivity contribution is 0.103. The topological polar surface area (TPSA) is 95.1 Å². The summed E-state index contributed by atoms with van der Waals surface area (Å²) in [6.07, 6.45) is 4.15. The fourth-order valence-electron chi connectivity index (χ4n) is 3.44. The summed E-state index contributed by atoms with van der Waals surface area (Å²) >= 11 is 6.05. The first-order chi connectivity index (χ1) is 16.9. The molecule has 2 heterocycles. The molecule has 4 aromatic rings. The van der Waals surface area contributed by atoms with E-state index < -0.39 is 0 Å². The highest BCUT2D eigenvalue weighted by atomic mass is 35.5. The first-order valence-electron chi connectivity index (χ1n) is 11.2. The van der Waals surface area contributed by atoms with E-state index in [-0.39, 0.29) is 17.2 Å². The summed E-state index contributed by atoms with van der Waals surface area (Å²) in [5.74, 6) is 0.0448. The molecule has 3 N–H and O–H groups in total. The number of nitrogen functional groups attached to an aromatic ring is 1. The Morgan fingerprint density at radius 3 is 2.54 bits per heavy atom. The largest absolute Gasteiger partial charge is 0.476 e. The number of benzene rings is 2. The Morgan fingerprint density at radius 1 is 1.11 bits per heavy atom. The first kappa shape index (κ1) is 24.0. The number of nitrogens with one attached hydrogen (secondary N) is 1. The van der Waals surface area contributed by atoms with Gasteiger partial charge in [-0.1, -0.05) is 48.0 Å². The van der Waals surface area contributed by atoms with Gasteiger partial charge in [0.2, 0.25) is 11.7 Å². The maximum absolute atomic E-state index is 13.2. The van der Waals surface area contributed by atoms with Crippen LogP contribution < -0.4 is 15.8 Å². The molecule has 0 saturated heterocycles. The number of carbonyl (C=O) groups is 1. The average molecular weight is 488 g/mol. The van der Waals surface area contributed by atoms with Crippen molar-refractivity contribution in [3.8, 4) is 11.6 Å². The number of anilines is 1. The lowest BCUT2D eigenvalue weighted by Gasteiger charge is -2.12. The van der Waals surface area contributed by atoms with Crippen molar-refractivity contribution in [1.29, 1.82) is 0 Å². The molecule has 0 saturated carbocycles. The van der Waals surface area contributed by atoms with Crippen molar-refractivity contribution in [2.45, 2.75) is 13.3 Å². The Hall–Kier alpha value is -4.10. The molecule has 2 aromatic heterocycles. The molecule has 4 rings (SSSR count). The quantitative estimate of drug-likeness (QED) is 0.239. The number of pyridine rings is 1. The third-order valence-electron chi connectivity index (χ3n) is 5.39. The SMILES string of the molecule is C=C(NCCCOc1c(N)c(C(=O)c2ccc(C)cc2)nn1-c1ccc(Cl)cc1)c1cccnc1. The van der Waals surface area contributed by atoms with Gasteiger partial charge in [-0.3, -0.25) is 9.78 Å². The van der Waals surface area contributed by atoms with Gasteiger partial charge in [0.05, 0.1) is 12.3 Å². The predicted octanol–water partition coefficient (Wildman–Crippen LogP) is 5.07. The molecule has 0 atom stereocenters. The number of aryl methyl sites for hydroxylation is 1. The zero-order valence-electron chi connectivity index (χ0n) is 19.4. The van der Waals surface area contributed by atoms with E-state index in [1.165, 1.54) is 4.68 Å². The highest BCUT2D eigenvalue weighted by molar-refractivity contribution is 6.30. The minimum absolute atomic E-state index is 0.141. The number of ether oxygens (including phenoxy) is 1. The first-order valence-corrected chi connectivity index (χ1v) is 11.5. The molecular weight excluding hydrogens is 462 g/mol. The van der Waals surface area contributed by atoms with Gasteiger partial charge in [0.1, 0.15) is 5.69 Å². The lowest BCUT2D eigenvalue weighted by atomic mass is 10.1. The summed E-state index contributed by atoms with van der Waals surface area (Å²) in [4.78, 5) is 17.3. The standard InChI is InChI=1S/C27H26ClN5O2/c1-18-6-8-20(9-7-18)26(34)25-24(29)27(33(32-25)23-12-10-22(28)11-13-23)35-16-4-15-31-19(2)21-5-3-14-30-17-21/h3,5-14,17,31H,2,4,15-16,29H2,1H3. The molecule has 2 aromatic carbocycles. The van der Waals surface area contributed by atoms with E-state index in [1.807, 2.05) is 31.2 Å². The smallest absolute Gasteiger partial charge is 0.241 e. The molecule has 8 heteroatoms. The van der Waals surface area contributed by atoms with Gasteiger partial charge >= 0.3 is 0 Å². The third-order valence-corrected chi connectivity index (χ3v) is 5.64. The Bertz CT molecular complexity index is 1320. The summed E-state index contributed by atoms with van der Waals surface area (Å²) in [5.41, 5.74) is 10.7. The van der Waals surface area contributed by atoms with Crippen LogP contribution >= 0.6 is 11.6 Å². The number of halogens is 1. The van der Waals surface area contributed by atoms with E-state index in [9.17, 15) is 4.79 Å². The molecule has 0 spiro atoms. The van der Waals surface area contributed by atoms with Gasteiger partial charge in [0.15, 0.2) is 5.69 Å². The molecule has 0 amide bonds. The Kier molecular flexibility index (Phi) is 7.48. The molecule has 0 aliphatic heterocycles. The van der Waals surface area contributed by atoms with Crippen molar-refractivity contribution in [3.63, 3.8) is 0 Å². The Balaban J connectivity index is 1.50. The van der Waals surface area contributed by atoms with Crippen molar-refractivity contribution in [1.82, 2.24) is 20.1 Å². The molecular formula is C27H26ClN5O2. The highest BCUT2D eigenvalue weighted by Crippen LogP contribution is 2.31. The molecule has 7 nitrogen and oxygen atoms in total. The summed E-state index contributed by atoms with van der Waals surface area (Å²) in [6.45, 7) is 6.99. The Morgan fingerprint density at radius 2 is 1.86 bits per heavy atom. The van der Waals surface area contributed by atoms with Crippen molar-refractivity contribution in [2.75, 3.05) is 18.9 Å². The van der Waals surface area contributed by atoms with E-state index in [0.29, 0.717) is 41.7 Å². The fraction of sp³-hybridized carbons (Fsp3) is 0.148. The van der Waals surface area contributed by atoms with Crippen molar-refractivity contribution in [3.05, 3.63) is 107 Å². The minimum atomic E-state index is -0.269. The molecule has 0 aliphatic rings. The van der Waals surface area contributed by atoms with Gasteiger partial charge in [0, 0.05) is 40.8 Å². The van der Waals surface area contributed by atoms with E-state index in [0.717, 1.165) is 16.8 Å². The number of hydrogen-bond donors (Lipinski definition) is 2. The van der Waals surface area contributed by atoms with Crippen molar-refractivity contribution >= 4 is 28.8 Å². The van der Waals surface area contributed by atoms with Crippen LogP contribution in [-0.4, -0.2) is 33.7 Å². The van der Waals surface area contributed by atoms with Crippen LogP contribution in [0.15, 0.2) is 79.6 Å². The van der Waals surface area contributed by atoms with Crippen LogP contribution in [0.25, 0.3) is 11.4 Å². The summed E-state index contributed by atoms with van der Waals surface area (Å²) < 4.78 is 7.57. The van der Waals surface area contributed by atoms with Crippen LogP contribution in [0.3, 0.4) is 0 Å². The van der Waals surface area contributed by atoms with E-state index >= 15 is 0 Å². The summed E-state index contributed by atoms with van der Waals surface area (Å²) in [6, 6.07) is 18.2. The molecule has 0 bridgehead atoms. The molecule has 0 aliphatic carbocycles. The monoisotopic (exact) mass is 487 g/mol.